The number of aryl methyl sites for hydroxylation is 1. The molecule has 0 spiro atoms. The lowest BCUT2D eigenvalue weighted by atomic mass is 10.0. The van der Waals surface area contributed by atoms with Gasteiger partial charge in [-0.15, -0.1) is 11.3 Å². The van der Waals surface area contributed by atoms with Crippen molar-refractivity contribution < 1.29 is 4.79 Å². The third-order valence-electron chi connectivity index (χ3n) is 3.86. The van der Waals surface area contributed by atoms with Gasteiger partial charge in [-0.05, 0) is 32.6 Å². The highest BCUT2D eigenvalue weighted by molar-refractivity contribution is 7.11. The molecule has 4 nitrogen and oxygen atoms in total. The van der Waals surface area contributed by atoms with Crippen molar-refractivity contribution in [3.05, 3.63) is 16.1 Å². The monoisotopic (exact) mass is 295 g/mol. The Bertz CT molecular complexity index is 454. The summed E-state index contributed by atoms with van der Waals surface area (Å²) in [6.45, 7) is 9.21. The van der Waals surface area contributed by atoms with E-state index >= 15 is 0 Å². The van der Waals surface area contributed by atoms with Gasteiger partial charge in [-0.25, -0.2) is 9.78 Å². The van der Waals surface area contributed by atoms with E-state index in [1.807, 2.05) is 11.1 Å². The van der Waals surface area contributed by atoms with E-state index in [2.05, 4.69) is 38.0 Å². The third kappa shape index (κ3) is 3.95. The number of urea groups is 1. The highest BCUT2D eigenvalue weighted by atomic mass is 32.1. The Balaban J connectivity index is 1.82. The average molecular weight is 295 g/mol. The first kappa shape index (κ1) is 15.3. The number of rotatable bonds is 6. The summed E-state index contributed by atoms with van der Waals surface area (Å²) in [5.74, 6) is 0.489. The van der Waals surface area contributed by atoms with Crippen LogP contribution in [0.15, 0.2) is 6.20 Å². The fourth-order valence-corrected chi connectivity index (χ4v) is 3.03. The van der Waals surface area contributed by atoms with Crippen LogP contribution in [0.1, 0.15) is 43.5 Å². The van der Waals surface area contributed by atoms with E-state index < -0.39 is 0 Å². The molecule has 0 radical (unpaired) electrons. The number of thiazole rings is 1. The Hall–Kier alpha value is -1.10. The van der Waals surface area contributed by atoms with E-state index in [1.54, 1.807) is 11.3 Å². The molecule has 20 heavy (non-hydrogen) atoms. The molecule has 1 aliphatic carbocycles. The molecule has 2 rings (SSSR count). The Labute approximate surface area is 125 Å². The second-order valence-corrected chi connectivity index (χ2v) is 7.29. The first-order chi connectivity index (χ1) is 9.49. The minimum Gasteiger partial charge on any atom is -0.338 e. The van der Waals surface area contributed by atoms with Gasteiger partial charge in [0.15, 0.2) is 0 Å². The van der Waals surface area contributed by atoms with Gasteiger partial charge in [0.25, 0.3) is 0 Å². The summed E-state index contributed by atoms with van der Waals surface area (Å²) in [4.78, 5) is 19.9. The van der Waals surface area contributed by atoms with Crippen LogP contribution in [0, 0.1) is 12.8 Å². The van der Waals surface area contributed by atoms with Gasteiger partial charge in [0.05, 0.1) is 5.01 Å². The van der Waals surface area contributed by atoms with Gasteiger partial charge in [0.2, 0.25) is 0 Å². The smallest absolute Gasteiger partial charge is 0.317 e. The second kappa shape index (κ2) is 6.57. The summed E-state index contributed by atoms with van der Waals surface area (Å²) < 4.78 is 0. The van der Waals surface area contributed by atoms with Crippen molar-refractivity contribution in [2.45, 2.75) is 59.0 Å². The SMILES string of the molecule is Cc1cnc(CCNC(=O)N(C2CC2)[C@H](C)C(C)C)s1. The molecular formula is C15H25N3OS. The number of carbonyl (C=O) groups excluding carboxylic acids is 1. The molecule has 1 fully saturated rings. The molecular weight excluding hydrogens is 270 g/mol. The van der Waals surface area contributed by atoms with Crippen LogP contribution in [0.3, 0.4) is 0 Å². The quantitative estimate of drug-likeness (QED) is 0.876. The van der Waals surface area contributed by atoms with E-state index in [4.69, 9.17) is 0 Å². The number of carbonyl (C=O) groups is 1. The summed E-state index contributed by atoms with van der Waals surface area (Å²) in [6.07, 6.45) is 5.00. The van der Waals surface area contributed by atoms with Gasteiger partial charge < -0.3 is 10.2 Å². The van der Waals surface area contributed by atoms with Crippen molar-refractivity contribution in [3.63, 3.8) is 0 Å². The predicted octanol–water partition coefficient (Wildman–Crippen LogP) is 3.21. The molecule has 0 unspecified atom stereocenters. The van der Waals surface area contributed by atoms with Crippen LogP contribution < -0.4 is 5.32 Å². The number of hydrogen-bond acceptors (Lipinski definition) is 3. The molecule has 1 saturated carbocycles. The maximum absolute atomic E-state index is 12.4. The summed E-state index contributed by atoms with van der Waals surface area (Å²) in [5, 5.41) is 4.15. The maximum atomic E-state index is 12.4. The predicted molar refractivity (Wildman–Crippen MR) is 83.1 cm³/mol. The van der Waals surface area contributed by atoms with Crippen LogP contribution in [0.25, 0.3) is 0 Å². The molecule has 0 bridgehead atoms. The summed E-state index contributed by atoms with van der Waals surface area (Å²) in [5.41, 5.74) is 0. The third-order valence-corrected chi connectivity index (χ3v) is 4.84. The van der Waals surface area contributed by atoms with Crippen molar-refractivity contribution in [2.75, 3.05) is 6.54 Å². The van der Waals surface area contributed by atoms with Crippen LogP contribution in [0.2, 0.25) is 0 Å². The van der Waals surface area contributed by atoms with E-state index in [0.29, 0.717) is 24.5 Å². The zero-order valence-corrected chi connectivity index (χ0v) is 13.7. The normalized spacial score (nSPS) is 16.2. The number of amides is 2. The molecule has 1 aromatic rings. The van der Waals surface area contributed by atoms with Crippen molar-refractivity contribution in [1.29, 1.82) is 0 Å². The largest absolute Gasteiger partial charge is 0.338 e. The summed E-state index contributed by atoms with van der Waals surface area (Å²) in [6, 6.07) is 0.834. The fourth-order valence-electron chi connectivity index (χ4n) is 2.24. The van der Waals surface area contributed by atoms with E-state index in [9.17, 15) is 4.79 Å². The molecule has 0 aromatic carbocycles. The summed E-state index contributed by atoms with van der Waals surface area (Å²) >= 11 is 1.70. The molecule has 112 valence electrons. The molecule has 2 amide bonds. The molecule has 1 N–H and O–H groups in total. The minimum absolute atomic E-state index is 0.0852. The van der Waals surface area contributed by atoms with Crippen LogP contribution in [0.4, 0.5) is 4.79 Å². The van der Waals surface area contributed by atoms with Gasteiger partial charge in [-0.1, -0.05) is 13.8 Å². The van der Waals surface area contributed by atoms with Gasteiger partial charge in [-0.3, -0.25) is 0 Å². The van der Waals surface area contributed by atoms with Crippen LogP contribution >= 0.6 is 11.3 Å². The van der Waals surface area contributed by atoms with Crippen molar-refractivity contribution in [1.82, 2.24) is 15.2 Å². The lowest BCUT2D eigenvalue weighted by Gasteiger charge is -2.32. The van der Waals surface area contributed by atoms with Gasteiger partial charge in [0.1, 0.15) is 0 Å². The van der Waals surface area contributed by atoms with E-state index in [0.717, 1.165) is 24.3 Å². The number of nitrogens with zero attached hydrogens (tertiary/aromatic N) is 2. The minimum atomic E-state index is 0.0852. The molecule has 1 atom stereocenters. The first-order valence-electron chi connectivity index (χ1n) is 7.46. The fraction of sp³-hybridized carbons (Fsp3) is 0.733. The van der Waals surface area contributed by atoms with Gasteiger partial charge in [-0.2, -0.15) is 0 Å². The number of hydrogen-bond donors (Lipinski definition) is 1. The van der Waals surface area contributed by atoms with Crippen molar-refractivity contribution in [3.8, 4) is 0 Å². The van der Waals surface area contributed by atoms with Crippen LogP contribution in [-0.2, 0) is 6.42 Å². The zero-order valence-electron chi connectivity index (χ0n) is 12.8. The zero-order chi connectivity index (χ0) is 14.7. The summed E-state index contributed by atoms with van der Waals surface area (Å²) in [7, 11) is 0. The van der Waals surface area contributed by atoms with Crippen molar-refractivity contribution in [2.24, 2.45) is 5.92 Å². The molecule has 0 saturated heterocycles. The standard InChI is InChI=1S/C15H25N3OS/c1-10(2)12(4)18(13-5-6-13)15(19)16-8-7-14-17-9-11(3)20-14/h9-10,12-13H,5-8H2,1-4H3,(H,16,19)/t12-/m1/s1. The number of aromatic nitrogens is 1. The Morgan fingerprint density at radius 2 is 2.20 bits per heavy atom. The lowest BCUT2D eigenvalue weighted by molar-refractivity contribution is 0.157. The van der Waals surface area contributed by atoms with Gasteiger partial charge >= 0.3 is 6.03 Å². The highest BCUT2D eigenvalue weighted by Gasteiger charge is 2.36. The average Bonchev–Trinajstić information content (AvgIpc) is 3.12. The maximum Gasteiger partial charge on any atom is 0.317 e. The lowest BCUT2D eigenvalue weighted by Crippen LogP contribution is -2.48. The Kier molecular flexibility index (Phi) is 5.02. The molecule has 5 heteroatoms. The van der Waals surface area contributed by atoms with Crippen molar-refractivity contribution >= 4 is 17.4 Å². The Morgan fingerprint density at radius 1 is 1.50 bits per heavy atom. The molecule has 1 aromatic heterocycles. The first-order valence-corrected chi connectivity index (χ1v) is 8.28. The van der Waals surface area contributed by atoms with Crippen LogP contribution in [-0.4, -0.2) is 34.5 Å². The number of nitrogens with one attached hydrogen (secondary N) is 1. The van der Waals surface area contributed by atoms with Gasteiger partial charge in [0, 0.05) is 36.1 Å². The van der Waals surface area contributed by atoms with E-state index in [1.165, 1.54) is 4.88 Å². The van der Waals surface area contributed by atoms with Crippen LogP contribution in [0.5, 0.6) is 0 Å². The molecule has 1 aliphatic rings. The Morgan fingerprint density at radius 3 is 2.70 bits per heavy atom. The molecule has 1 heterocycles. The second-order valence-electron chi connectivity index (χ2n) is 5.97. The highest BCUT2D eigenvalue weighted by Crippen LogP contribution is 2.30. The topological polar surface area (TPSA) is 45.2 Å². The molecule has 0 aliphatic heterocycles. The van der Waals surface area contributed by atoms with E-state index in [-0.39, 0.29) is 6.03 Å².